The first-order chi connectivity index (χ1) is 10.7. The lowest BCUT2D eigenvalue weighted by Gasteiger charge is -2.33. The van der Waals surface area contributed by atoms with E-state index in [9.17, 15) is 4.79 Å². The van der Waals surface area contributed by atoms with E-state index in [-0.39, 0.29) is 36.8 Å². The number of hydrogen-bond acceptors (Lipinski definition) is 5. The third-order valence-corrected chi connectivity index (χ3v) is 3.74. The summed E-state index contributed by atoms with van der Waals surface area (Å²) < 4.78 is 0. The van der Waals surface area contributed by atoms with Crippen LogP contribution < -0.4 is 16.0 Å². The molecule has 1 aromatic carbocycles. The van der Waals surface area contributed by atoms with Crippen LogP contribution >= 0.6 is 24.8 Å². The first-order valence-corrected chi connectivity index (χ1v) is 7.41. The van der Waals surface area contributed by atoms with Crippen LogP contribution in [0, 0.1) is 0 Å². The van der Waals surface area contributed by atoms with Crippen LogP contribution in [0.3, 0.4) is 0 Å². The van der Waals surface area contributed by atoms with Crippen LogP contribution in [-0.2, 0) is 0 Å². The Labute approximate surface area is 153 Å². The Bertz CT molecular complexity index is 656. The average Bonchev–Trinajstić information content (AvgIpc) is 2.56. The summed E-state index contributed by atoms with van der Waals surface area (Å²) in [6.07, 6.45) is 5.42. The van der Waals surface area contributed by atoms with Crippen molar-refractivity contribution in [3.05, 3.63) is 48.3 Å². The topological polar surface area (TPSA) is 84.1 Å². The van der Waals surface area contributed by atoms with Crippen molar-refractivity contribution in [1.29, 1.82) is 0 Å². The SMILES string of the molecule is Cl.Cl.Nc1cccc(C(=O)NC2CCCN(c3ncccn3)C2)c1. The number of nitrogen functional groups attached to an aromatic ring is 1. The molecule has 130 valence electrons. The van der Waals surface area contributed by atoms with Gasteiger partial charge in [-0.2, -0.15) is 0 Å². The van der Waals surface area contributed by atoms with E-state index in [1.54, 1.807) is 42.7 Å². The number of rotatable bonds is 3. The van der Waals surface area contributed by atoms with Gasteiger partial charge in [-0.25, -0.2) is 9.97 Å². The number of nitrogens with two attached hydrogens (primary N) is 1. The highest BCUT2D eigenvalue weighted by Crippen LogP contribution is 2.16. The zero-order valence-electron chi connectivity index (χ0n) is 13.1. The van der Waals surface area contributed by atoms with Gasteiger partial charge in [-0.3, -0.25) is 4.79 Å². The van der Waals surface area contributed by atoms with Gasteiger partial charge in [0.05, 0.1) is 0 Å². The summed E-state index contributed by atoms with van der Waals surface area (Å²) >= 11 is 0. The van der Waals surface area contributed by atoms with Crippen LogP contribution in [0.2, 0.25) is 0 Å². The highest BCUT2D eigenvalue weighted by molar-refractivity contribution is 5.95. The molecule has 1 unspecified atom stereocenters. The largest absolute Gasteiger partial charge is 0.399 e. The lowest BCUT2D eigenvalue weighted by Crippen LogP contribution is -2.48. The molecule has 0 radical (unpaired) electrons. The van der Waals surface area contributed by atoms with Crippen LogP contribution in [0.1, 0.15) is 23.2 Å². The minimum Gasteiger partial charge on any atom is -0.399 e. The summed E-state index contributed by atoms with van der Waals surface area (Å²) in [6, 6.07) is 8.91. The second-order valence-corrected chi connectivity index (χ2v) is 5.43. The minimum absolute atomic E-state index is 0. The Morgan fingerprint density at radius 3 is 2.67 bits per heavy atom. The summed E-state index contributed by atoms with van der Waals surface area (Å²) in [5, 5.41) is 3.07. The number of amides is 1. The van der Waals surface area contributed by atoms with Crippen LogP contribution in [-0.4, -0.2) is 35.0 Å². The lowest BCUT2D eigenvalue weighted by atomic mass is 10.1. The molecule has 0 saturated carbocycles. The number of carbonyl (C=O) groups is 1. The van der Waals surface area contributed by atoms with Crippen LogP contribution in [0.4, 0.5) is 11.6 Å². The van der Waals surface area contributed by atoms with Gasteiger partial charge >= 0.3 is 0 Å². The normalized spacial score (nSPS) is 16.5. The number of benzene rings is 1. The van der Waals surface area contributed by atoms with E-state index in [1.165, 1.54) is 0 Å². The van der Waals surface area contributed by atoms with Gasteiger partial charge in [0.25, 0.3) is 5.91 Å². The fourth-order valence-electron chi connectivity index (χ4n) is 2.68. The maximum Gasteiger partial charge on any atom is 0.251 e. The Hall–Kier alpha value is -2.05. The molecule has 0 aliphatic carbocycles. The van der Waals surface area contributed by atoms with Crippen LogP contribution in [0.15, 0.2) is 42.7 Å². The molecule has 24 heavy (non-hydrogen) atoms. The second-order valence-electron chi connectivity index (χ2n) is 5.43. The number of anilines is 2. The molecular formula is C16H21Cl2N5O. The first kappa shape index (κ1) is 20.0. The molecule has 8 heteroatoms. The molecule has 1 aliphatic rings. The number of nitrogens with zero attached hydrogens (tertiary/aromatic N) is 3. The molecule has 1 aromatic heterocycles. The molecule has 1 atom stereocenters. The van der Waals surface area contributed by atoms with E-state index in [4.69, 9.17) is 5.73 Å². The van der Waals surface area contributed by atoms with Crippen molar-refractivity contribution in [3.63, 3.8) is 0 Å². The fourth-order valence-corrected chi connectivity index (χ4v) is 2.68. The minimum atomic E-state index is -0.0897. The number of piperidine rings is 1. The van der Waals surface area contributed by atoms with Gasteiger partial charge in [0, 0.05) is 42.8 Å². The smallest absolute Gasteiger partial charge is 0.251 e. The molecule has 1 saturated heterocycles. The molecule has 1 fully saturated rings. The zero-order chi connectivity index (χ0) is 15.4. The molecule has 6 nitrogen and oxygen atoms in total. The van der Waals surface area contributed by atoms with Crippen molar-refractivity contribution in [2.75, 3.05) is 23.7 Å². The molecule has 2 heterocycles. The average molecular weight is 370 g/mol. The van der Waals surface area contributed by atoms with Crippen molar-refractivity contribution < 1.29 is 4.79 Å². The fraction of sp³-hybridized carbons (Fsp3) is 0.312. The van der Waals surface area contributed by atoms with E-state index in [2.05, 4.69) is 20.2 Å². The standard InChI is InChI=1S/C16H19N5O.2ClH/c17-13-5-1-4-12(10-13)15(22)20-14-6-2-9-21(11-14)16-18-7-3-8-19-16;;/h1,3-5,7-8,10,14H,2,6,9,11,17H2,(H,20,22);2*1H. The van der Waals surface area contributed by atoms with Crippen LogP contribution in [0.25, 0.3) is 0 Å². The van der Waals surface area contributed by atoms with Gasteiger partial charge in [0.15, 0.2) is 0 Å². The van der Waals surface area contributed by atoms with Crippen molar-refractivity contribution in [2.45, 2.75) is 18.9 Å². The van der Waals surface area contributed by atoms with Gasteiger partial charge < -0.3 is 16.0 Å². The van der Waals surface area contributed by atoms with Crippen molar-refractivity contribution >= 4 is 42.4 Å². The molecular weight excluding hydrogens is 349 g/mol. The monoisotopic (exact) mass is 369 g/mol. The number of carbonyl (C=O) groups excluding carboxylic acids is 1. The predicted molar refractivity (Wildman–Crippen MR) is 100 cm³/mol. The van der Waals surface area contributed by atoms with Crippen molar-refractivity contribution in [2.24, 2.45) is 0 Å². The summed E-state index contributed by atoms with van der Waals surface area (Å²) in [5.74, 6) is 0.624. The molecule has 2 aromatic rings. The molecule has 1 aliphatic heterocycles. The highest BCUT2D eigenvalue weighted by Gasteiger charge is 2.23. The van der Waals surface area contributed by atoms with Gasteiger partial charge in [0.2, 0.25) is 5.95 Å². The third kappa shape index (κ3) is 4.97. The van der Waals surface area contributed by atoms with E-state index >= 15 is 0 Å². The van der Waals surface area contributed by atoms with E-state index in [1.807, 2.05) is 0 Å². The lowest BCUT2D eigenvalue weighted by molar-refractivity contribution is 0.0933. The number of nitrogens with one attached hydrogen (secondary N) is 1. The quantitative estimate of drug-likeness (QED) is 0.810. The van der Waals surface area contributed by atoms with Gasteiger partial charge in [-0.05, 0) is 37.1 Å². The van der Waals surface area contributed by atoms with E-state index in [0.717, 1.165) is 25.9 Å². The predicted octanol–water partition coefficient (Wildman–Crippen LogP) is 2.30. The highest BCUT2D eigenvalue weighted by atomic mass is 35.5. The summed E-state index contributed by atoms with van der Waals surface area (Å²) in [7, 11) is 0. The van der Waals surface area contributed by atoms with E-state index < -0.39 is 0 Å². The van der Waals surface area contributed by atoms with Gasteiger partial charge in [-0.1, -0.05) is 6.07 Å². The summed E-state index contributed by atoms with van der Waals surface area (Å²) in [5.41, 5.74) is 6.91. The molecule has 3 rings (SSSR count). The number of aromatic nitrogens is 2. The maximum atomic E-state index is 12.3. The Morgan fingerprint density at radius 2 is 1.96 bits per heavy atom. The second kappa shape index (κ2) is 9.30. The maximum absolute atomic E-state index is 12.3. The summed E-state index contributed by atoms with van der Waals surface area (Å²) in [6.45, 7) is 1.63. The molecule has 1 amide bonds. The van der Waals surface area contributed by atoms with Crippen LogP contribution in [0.5, 0.6) is 0 Å². The van der Waals surface area contributed by atoms with Crippen molar-refractivity contribution in [1.82, 2.24) is 15.3 Å². The van der Waals surface area contributed by atoms with Crippen molar-refractivity contribution in [3.8, 4) is 0 Å². The number of halogens is 2. The molecule has 0 spiro atoms. The zero-order valence-corrected chi connectivity index (χ0v) is 14.7. The molecule has 0 bridgehead atoms. The van der Waals surface area contributed by atoms with Gasteiger partial charge in [-0.15, -0.1) is 24.8 Å². The number of hydrogen-bond donors (Lipinski definition) is 2. The first-order valence-electron chi connectivity index (χ1n) is 7.41. The van der Waals surface area contributed by atoms with Gasteiger partial charge in [0.1, 0.15) is 0 Å². The third-order valence-electron chi connectivity index (χ3n) is 3.74. The Kier molecular flexibility index (Phi) is 7.74. The Morgan fingerprint density at radius 1 is 1.21 bits per heavy atom. The van der Waals surface area contributed by atoms with E-state index in [0.29, 0.717) is 17.2 Å². The Balaban J connectivity index is 0.00000144. The molecule has 3 N–H and O–H groups in total. The summed E-state index contributed by atoms with van der Waals surface area (Å²) in [4.78, 5) is 22.9.